The summed E-state index contributed by atoms with van der Waals surface area (Å²) in [5.41, 5.74) is 2.12. The van der Waals surface area contributed by atoms with Gasteiger partial charge in [0.05, 0.1) is 11.9 Å². The quantitative estimate of drug-likeness (QED) is 0.609. The first-order valence-electron chi connectivity index (χ1n) is 7.21. The lowest BCUT2D eigenvalue weighted by atomic mass is 9.96. The smallest absolute Gasteiger partial charge is 0.136 e. The Kier molecular flexibility index (Phi) is 3.84. The van der Waals surface area contributed by atoms with Crippen LogP contribution in [0.25, 0.3) is 0 Å². The van der Waals surface area contributed by atoms with Crippen molar-refractivity contribution in [3.8, 4) is 6.07 Å². The van der Waals surface area contributed by atoms with E-state index >= 15 is 0 Å². The van der Waals surface area contributed by atoms with Gasteiger partial charge in [0.15, 0.2) is 0 Å². The molecule has 1 aromatic heterocycles. The Morgan fingerprint density at radius 1 is 1.11 bits per heavy atom. The van der Waals surface area contributed by atoms with Crippen molar-refractivity contribution in [1.29, 1.82) is 5.26 Å². The number of hydrogen-bond donors (Lipinski definition) is 0. The van der Waals surface area contributed by atoms with Crippen LogP contribution in [0, 0.1) is 11.3 Å². The molecule has 19 heavy (non-hydrogen) atoms. The molecule has 2 heterocycles. The summed E-state index contributed by atoms with van der Waals surface area (Å²) < 4.78 is 0. The molecule has 1 fully saturated rings. The molecule has 100 valence electrons. The third kappa shape index (κ3) is 2.66. The van der Waals surface area contributed by atoms with Crippen LogP contribution in [0.15, 0.2) is 4.99 Å². The fourth-order valence-corrected chi connectivity index (χ4v) is 4.10. The number of aliphatic imine (C=N–C) groups is 1. The van der Waals surface area contributed by atoms with Crippen LogP contribution in [0.2, 0.25) is 0 Å². The van der Waals surface area contributed by atoms with Gasteiger partial charge in [0, 0.05) is 18.0 Å². The zero-order chi connectivity index (χ0) is 13.1. The fourth-order valence-electron chi connectivity index (χ4n) is 2.93. The highest BCUT2D eigenvalue weighted by Crippen LogP contribution is 2.39. The maximum atomic E-state index is 9.37. The van der Waals surface area contributed by atoms with Crippen LogP contribution in [0.3, 0.4) is 0 Å². The van der Waals surface area contributed by atoms with Gasteiger partial charge in [-0.05, 0) is 50.5 Å². The summed E-state index contributed by atoms with van der Waals surface area (Å²) in [6.07, 6.45) is 10.5. The summed E-state index contributed by atoms with van der Waals surface area (Å²) in [4.78, 5) is 8.28. The molecule has 0 radical (unpaired) electrons. The van der Waals surface area contributed by atoms with Crippen LogP contribution in [-0.4, -0.2) is 24.3 Å². The van der Waals surface area contributed by atoms with Gasteiger partial charge >= 0.3 is 0 Å². The normalized spacial score (nSPS) is 19.4. The number of likely N-dealkylation sites (tertiary alicyclic amines) is 1. The van der Waals surface area contributed by atoms with Gasteiger partial charge in [0.2, 0.25) is 0 Å². The molecule has 0 spiro atoms. The molecule has 1 aromatic rings. The van der Waals surface area contributed by atoms with E-state index in [9.17, 15) is 5.26 Å². The van der Waals surface area contributed by atoms with Crippen LogP contribution in [0.1, 0.15) is 48.1 Å². The minimum atomic E-state index is 0.841. The minimum absolute atomic E-state index is 0.841. The zero-order valence-electron chi connectivity index (χ0n) is 11.2. The highest BCUT2D eigenvalue weighted by atomic mass is 32.1. The molecule has 1 aliphatic carbocycles. The largest absolute Gasteiger partial charge is 0.363 e. The van der Waals surface area contributed by atoms with E-state index < -0.39 is 0 Å². The van der Waals surface area contributed by atoms with Crippen molar-refractivity contribution in [2.24, 2.45) is 4.99 Å². The molecule has 0 N–H and O–H groups in total. The summed E-state index contributed by atoms with van der Waals surface area (Å²) in [7, 11) is 0. The number of aryl methyl sites for hydroxylation is 1. The molecule has 0 amide bonds. The number of nitrogens with zero attached hydrogens (tertiary/aromatic N) is 3. The Morgan fingerprint density at radius 3 is 2.68 bits per heavy atom. The average Bonchev–Trinajstić information content (AvgIpc) is 2.83. The topological polar surface area (TPSA) is 39.4 Å². The maximum Gasteiger partial charge on any atom is 0.136 e. The van der Waals surface area contributed by atoms with Gasteiger partial charge in [-0.15, -0.1) is 11.3 Å². The number of rotatable bonds is 2. The number of thiophene rings is 1. The third-order valence-corrected chi connectivity index (χ3v) is 5.19. The summed E-state index contributed by atoms with van der Waals surface area (Å²) in [6.45, 7) is 2.22. The van der Waals surface area contributed by atoms with Gasteiger partial charge in [-0.25, -0.2) is 4.99 Å². The molecule has 1 saturated heterocycles. The average molecular weight is 273 g/mol. The van der Waals surface area contributed by atoms with Crippen LogP contribution in [0.4, 0.5) is 5.00 Å². The molecule has 0 unspecified atom stereocenters. The maximum absolute atomic E-state index is 9.37. The Hall–Kier alpha value is -1.34. The second kappa shape index (κ2) is 5.75. The lowest BCUT2D eigenvalue weighted by Gasteiger charge is -2.23. The van der Waals surface area contributed by atoms with Gasteiger partial charge in [-0.2, -0.15) is 5.26 Å². The molecule has 0 atom stereocenters. The van der Waals surface area contributed by atoms with E-state index in [2.05, 4.69) is 16.0 Å². The highest BCUT2D eigenvalue weighted by Gasteiger charge is 2.20. The summed E-state index contributed by atoms with van der Waals surface area (Å²) >= 11 is 1.73. The molecule has 3 nitrogen and oxygen atoms in total. The molecule has 1 aliphatic heterocycles. The van der Waals surface area contributed by atoms with Crippen molar-refractivity contribution in [3.05, 3.63) is 16.0 Å². The van der Waals surface area contributed by atoms with Crippen molar-refractivity contribution in [3.63, 3.8) is 0 Å². The summed E-state index contributed by atoms with van der Waals surface area (Å²) in [6, 6.07) is 2.37. The predicted molar refractivity (Wildman–Crippen MR) is 79.3 cm³/mol. The van der Waals surface area contributed by atoms with E-state index in [-0.39, 0.29) is 0 Å². The van der Waals surface area contributed by atoms with E-state index in [1.807, 2.05) is 6.34 Å². The molecule has 3 rings (SSSR count). The number of hydrogen-bond acceptors (Lipinski definition) is 3. The van der Waals surface area contributed by atoms with Crippen molar-refractivity contribution in [1.82, 2.24) is 4.90 Å². The third-order valence-electron chi connectivity index (χ3n) is 3.99. The first-order valence-corrected chi connectivity index (χ1v) is 8.03. The van der Waals surface area contributed by atoms with Crippen molar-refractivity contribution in [2.45, 2.75) is 44.9 Å². The standard InChI is InChI=1S/C15H19N3S/c16-10-13-12-6-2-3-7-14(12)19-15(13)17-11-18-8-4-1-5-9-18/h11H,1-9H2. The lowest BCUT2D eigenvalue weighted by Crippen LogP contribution is -2.27. The second-order valence-electron chi connectivity index (χ2n) is 5.34. The van der Waals surface area contributed by atoms with Crippen molar-refractivity contribution in [2.75, 3.05) is 13.1 Å². The van der Waals surface area contributed by atoms with Gasteiger partial charge < -0.3 is 4.90 Å². The van der Waals surface area contributed by atoms with Crippen LogP contribution < -0.4 is 0 Å². The molecule has 0 bridgehead atoms. The fraction of sp³-hybridized carbons (Fsp3) is 0.600. The highest BCUT2D eigenvalue weighted by molar-refractivity contribution is 7.16. The SMILES string of the molecule is N#Cc1c(N=CN2CCCCC2)sc2c1CCCC2. The Bertz CT molecular complexity index is 518. The zero-order valence-corrected chi connectivity index (χ0v) is 12.0. The number of fused-ring (bicyclic) bond motifs is 1. The van der Waals surface area contributed by atoms with Gasteiger partial charge in [0.25, 0.3) is 0 Å². The first kappa shape index (κ1) is 12.7. The van der Waals surface area contributed by atoms with E-state index in [1.165, 1.54) is 42.5 Å². The number of nitriles is 1. The molecule has 0 saturated carbocycles. The van der Waals surface area contributed by atoms with Gasteiger partial charge in [0.1, 0.15) is 11.1 Å². The summed E-state index contributed by atoms with van der Waals surface area (Å²) in [5.74, 6) is 0. The van der Waals surface area contributed by atoms with Gasteiger partial charge in [-0.1, -0.05) is 0 Å². The van der Waals surface area contributed by atoms with Crippen LogP contribution in [0.5, 0.6) is 0 Å². The second-order valence-corrected chi connectivity index (χ2v) is 6.43. The molecule has 4 heteroatoms. The van der Waals surface area contributed by atoms with E-state index in [0.717, 1.165) is 36.5 Å². The Morgan fingerprint density at radius 2 is 1.89 bits per heavy atom. The van der Waals surface area contributed by atoms with E-state index in [1.54, 1.807) is 11.3 Å². The molecule has 2 aliphatic rings. The molecule has 0 aromatic carbocycles. The van der Waals surface area contributed by atoms with Crippen molar-refractivity contribution >= 4 is 22.7 Å². The monoisotopic (exact) mass is 273 g/mol. The van der Waals surface area contributed by atoms with Gasteiger partial charge in [-0.3, -0.25) is 0 Å². The van der Waals surface area contributed by atoms with Crippen LogP contribution in [-0.2, 0) is 12.8 Å². The Labute approximate surface area is 118 Å². The number of piperidine rings is 1. The minimum Gasteiger partial charge on any atom is -0.363 e. The predicted octanol–water partition coefficient (Wildman–Crippen LogP) is 3.64. The Balaban J connectivity index is 1.82. The van der Waals surface area contributed by atoms with Crippen LogP contribution >= 0.6 is 11.3 Å². The molecular formula is C15H19N3S. The molecular weight excluding hydrogens is 254 g/mol. The summed E-state index contributed by atoms with van der Waals surface area (Å²) in [5, 5.41) is 10.3. The van der Waals surface area contributed by atoms with Crippen molar-refractivity contribution < 1.29 is 0 Å². The van der Waals surface area contributed by atoms with E-state index in [4.69, 9.17) is 0 Å². The lowest BCUT2D eigenvalue weighted by molar-refractivity contribution is 0.351. The van der Waals surface area contributed by atoms with E-state index in [0.29, 0.717) is 0 Å². The first-order chi connectivity index (χ1) is 9.38.